The van der Waals surface area contributed by atoms with Crippen LogP contribution in [0.15, 0.2) is 24.3 Å². The van der Waals surface area contributed by atoms with Crippen LogP contribution >= 0.6 is 23.4 Å². The van der Waals surface area contributed by atoms with Gasteiger partial charge in [0, 0.05) is 41.2 Å². The molecular formula is C14H17ClN2O3S. The number of benzene rings is 1. The normalized spacial score (nSPS) is 18.2. The summed E-state index contributed by atoms with van der Waals surface area (Å²) in [6.07, 6.45) is 0.285. The molecule has 0 spiro atoms. The number of anilines is 1. The molecular weight excluding hydrogens is 312 g/mol. The summed E-state index contributed by atoms with van der Waals surface area (Å²) in [6.45, 7) is 0.512. The fourth-order valence-electron chi connectivity index (χ4n) is 2.17. The summed E-state index contributed by atoms with van der Waals surface area (Å²) in [5.74, 6) is 0.647. The Bertz CT molecular complexity index is 521. The molecule has 1 saturated heterocycles. The van der Waals surface area contributed by atoms with Gasteiger partial charge >= 0.3 is 5.97 Å². The average molecular weight is 329 g/mol. The molecule has 1 unspecified atom stereocenters. The van der Waals surface area contributed by atoms with Crippen LogP contribution in [0.5, 0.6) is 0 Å². The first-order valence-electron chi connectivity index (χ1n) is 6.65. The smallest absolute Gasteiger partial charge is 0.323 e. The minimum absolute atomic E-state index is 0.0896. The van der Waals surface area contributed by atoms with Gasteiger partial charge in [-0.1, -0.05) is 17.7 Å². The third-order valence-corrected chi connectivity index (χ3v) is 4.50. The number of thioether (sulfide) groups is 1. The maximum absolute atomic E-state index is 12.4. The zero-order valence-corrected chi connectivity index (χ0v) is 13.0. The molecule has 2 N–H and O–H groups in total. The van der Waals surface area contributed by atoms with Crippen LogP contribution < -0.4 is 10.2 Å². The summed E-state index contributed by atoms with van der Waals surface area (Å²) in [4.78, 5) is 24.7. The van der Waals surface area contributed by atoms with Gasteiger partial charge in [0.2, 0.25) is 5.91 Å². The first-order chi connectivity index (χ1) is 10.1. The molecule has 1 aliphatic rings. The summed E-state index contributed by atoms with van der Waals surface area (Å²) in [7, 11) is 0. The molecule has 0 saturated carbocycles. The van der Waals surface area contributed by atoms with E-state index in [-0.39, 0.29) is 24.9 Å². The third-order valence-electron chi connectivity index (χ3n) is 3.13. The molecule has 1 fully saturated rings. The lowest BCUT2D eigenvalue weighted by Gasteiger charge is -2.26. The highest BCUT2D eigenvalue weighted by Crippen LogP contribution is 2.21. The van der Waals surface area contributed by atoms with Gasteiger partial charge < -0.3 is 15.3 Å². The van der Waals surface area contributed by atoms with Crippen LogP contribution in [-0.2, 0) is 9.59 Å². The Morgan fingerprint density at radius 2 is 2.29 bits per heavy atom. The number of amides is 1. The second kappa shape index (κ2) is 7.68. The van der Waals surface area contributed by atoms with Crippen LogP contribution in [-0.4, -0.2) is 47.6 Å². The molecule has 1 aromatic rings. The van der Waals surface area contributed by atoms with Crippen molar-refractivity contribution in [2.24, 2.45) is 0 Å². The van der Waals surface area contributed by atoms with Crippen LogP contribution in [0.2, 0.25) is 5.02 Å². The number of halogens is 1. The van der Waals surface area contributed by atoms with Crippen molar-refractivity contribution in [1.82, 2.24) is 5.32 Å². The Labute approximate surface area is 132 Å². The Morgan fingerprint density at radius 1 is 1.48 bits per heavy atom. The van der Waals surface area contributed by atoms with Gasteiger partial charge in [-0.3, -0.25) is 9.59 Å². The molecule has 21 heavy (non-hydrogen) atoms. The topological polar surface area (TPSA) is 69.6 Å². The minimum Gasteiger partial charge on any atom is -0.480 e. The summed E-state index contributed by atoms with van der Waals surface area (Å²) < 4.78 is 0. The van der Waals surface area contributed by atoms with Crippen molar-refractivity contribution in [1.29, 1.82) is 0 Å². The number of rotatable bonds is 5. The molecule has 0 radical (unpaired) electrons. The summed E-state index contributed by atoms with van der Waals surface area (Å²) >= 11 is 7.72. The molecule has 1 aliphatic heterocycles. The largest absolute Gasteiger partial charge is 0.480 e. The monoisotopic (exact) mass is 328 g/mol. The van der Waals surface area contributed by atoms with Gasteiger partial charge in [0.05, 0.1) is 0 Å². The van der Waals surface area contributed by atoms with Crippen molar-refractivity contribution in [2.75, 3.05) is 29.5 Å². The first-order valence-corrected chi connectivity index (χ1v) is 8.18. The molecule has 1 heterocycles. The standard InChI is InChI=1S/C14H17ClN2O3S/c15-10-2-1-3-12(6-10)17(8-14(19)20)13(18)7-11-9-21-5-4-16-11/h1-3,6,11,16H,4-5,7-9H2,(H,19,20). The Morgan fingerprint density at radius 3 is 2.90 bits per heavy atom. The van der Waals surface area contributed by atoms with Crippen LogP contribution in [0, 0.1) is 0 Å². The fraction of sp³-hybridized carbons (Fsp3) is 0.429. The van der Waals surface area contributed by atoms with Crippen LogP contribution in [0.4, 0.5) is 5.69 Å². The van der Waals surface area contributed by atoms with Crippen molar-refractivity contribution in [3.63, 3.8) is 0 Å². The predicted molar refractivity (Wildman–Crippen MR) is 85.2 cm³/mol. The van der Waals surface area contributed by atoms with E-state index in [0.29, 0.717) is 10.7 Å². The van der Waals surface area contributed by atoms with E-state index in [4.69, 9.17) is 16.7 Å². The maximum Gasteiger partial charge on any atom is 0.323 e. The lowest BCUT2D eigenvalue weighted by Crippen LogP contribution is -2.44. The number of carbonyl (C=O) groups is 2. The molecule has 1 aromatic carbocycles. The highest BCUT2D eigenvalue weighted by molar-refractivity contribution is 7.99. The van der Waals surface area contributed by atoms with E-state index in [0.717, 1.165) is 18.1 Å². The van der Waals surface area contributed by atoms with Crippen molar-refractivity contribution in [2.45, 2.75) is 12.5 Å². The number of hydrogen-bond acceptors (Lipinski definition) is 4. The lowest BCUT2D eigenvalue weighted by atomic mass is 10.2. The molecule has 0 aliphatic carbocycles. The summed E-state index contributed by atoms with van der Waals surface area (Å²) in [5, 5.41) is 12.8. The van der Waals surface area contributed by atoms with Crippen LogP contribution in [0.3, 0.4) is 0 Å². The van der Waals surface area contributed by atoms with Gasteiger partial charge in [-0.2, -0.15) is 11.8 Å². The second-order valence-electron chi connectivity index (χ2n) is 4.78. The minimum atomic E-state index is -1.05. The molecule has 0 bridgehead atoms. The number of carbonyl (C=O) groups excluding carboxylic acids is 1. The van der Waals surface area contributed by atoms with E-state index < -0.39 is 5.97 Å². The molecule has 1 atom stereocenters. The number of nitrogens with one attached hydrogen (secondary N) is 1. The fourth-order valence-corrected chi connectivity index (χ4v) is 3.31. The van der Waals surface area contributed by atoms with E-state index in [2.05, 4.69) is 5.32 Å². The lowest BCUT2D eigenvalue weighted by molar-refractivity contribution is -0.136. The molecule has 7 heteroatoms. The molecule has 2 rings (SSSR count). The highest BCUT2D eigenvalue weighted by Gasteiger charge is 2.23. The van der Waals surface area contributed by atoms with Gasteiger partial charge in [-0.15, -0.1) is 0 Å². The van der Waals surface area contributed by atoms with Crippen LogP contribution in [0.1, 0.15) is 6.42 Å². The number of carboxylic acids is 1. The number of nitrogens with zero attached hydrogens (tertiary/aromatic N) is 1. The van der Waals surface area contributed by atoms with Crippen LogP contribution in [0.25, 0.3) is 0 Å². The predicted octanol–water partition coefficient (Wildman–Crippen LogP) is 1.85. The summed E-state index contributed by atoms with van der Waals surface area (Å²) in [5.41, 5.74) is 0.512. The number of carboxylic acid groups (broad SMARTS) is 1. The molecule has 114 valence electrons. The van der Waals surface area contributed by atoms with E-state index in [9.17, 15) is 9.59 Å². The van der Waals surface area contributed by atoms with E-state index in [1.165, 1.54) is 4.90 Å². The quantitative estimate of drug-likeness (QED) is 0.863. The summed E-state index contributed by atoms with van der Waals surface area (Å²) in [6, 6.07) is 6.77. The van der Waals surface area contributed by atoms with Gasteiger partial charge in [0.1, 0.15) is 6.54 Å². The maximum atomic E-state index is 12.4. The zero-order chi connectivity index (χ0) is 15.2. The van der Waals surface area contributed by atoms with Crippen molar-refractivity contribution < 1.29 is 14.7 Å². The van der Waals surface area contributed by atoms with Crippen molar-refractivity contribution in [3.8, 4) is 0 Å². The Hall–Kier alpha value is -1.24. The molecule has 5 nitrogen and oxygen atoms in total. The van der Waals surface area contributed by atoms with Gasteiger partial charge in [-0.25, -0.2) is 0 Å². The van der Waals surface area contributed by atoms with E-state index in [1.807, 2.05) is 0 Å². The Kier molecular flexibility index (Phi) is 5.90. The van der Waals surface area contributed by atoms with Crippen molar-refractivity contribution in [3.05, 3.63) is 29.3 Å². The van der Waals surface area contributed by atoms with E-state index >= 15 is 0 Å². The SMILES string of the molecule is O=C(O)CN(C(=O)CC1CSCCN1)c1cccc(Cl)c1. The van der Waals surface area contributed by atoms with Gasteiger partial charge in [0.15, 0.2) is 0 Å². The highest BCUT2D eigenvalue weighted by atomic mass is 35.5. The van der Waals surface area contributed by atoms with E-state index in [1.54, 1.807) is 36.0 Å². The second-order valence-corrected chi connectivity index (χ2v) is 6.37. The average Bonchev–Trinajstić information content (AvgIpc) is 2.45. The molecule has 0 aromatic heterocycles. The Balaban J connectivity index is 2.11. The number of hydrogen-bond donors (Lipinski definition) is 2. The third kappa shape index (κ3) is 4.91. The first kappa shape index (κ1) is 16.1. The van der Waals surface area contributed by atoms with Gasteiger partial charge in [-0.05, 0) is 18.2 Å². The van der Waals surface area contributed by atoms with Crippen molar-refractivity contribution >= 4 is 40.9 Å². The molecule has 1 amide bonds. The van der Waals surface area contributed by atoms with Gasteiger partial charge in [0.25, 0.3) is 0 Å². The zero-order valence-electron chi connectivity index (χ0n) is 11.4. The number of aliphatic carboxylic acids is 1.